The van der Waals surface area contributed by atoms with Gasteiger partial charge in [-0.3, -0.25) is 4.57 Å². The number of hydrogen-bond acceptors (Lipinski definition) is 5. The van der Waals surface area contributed by atoms with Crippen LogP contribution in [0.5, 0.6) is 0 Å². The van der Waals surface area contributed by atoms with Gasteiger partial charge >= 0.3 is 0 Å². The number of para-hydroxylation sites is 1. The quantitative estimate of drug-likeness (QED) is 0.359. The predicted molar refractivity (Wildman–Crippen MR) is 116 cm³/mol. The lowest BCUT2D eigenvalue weighted by atomic mass is 10.0. The number of aryl methyl sites for hydroxylation is 1. The van der Waals surface area contributed by atoms with Crippen LogP contribution in [0.4, 0.5) is 0 Å². The minimum Gasteiger partial charge on any atom is -0.424 e. The second-order valence-corrected chi connectivity index (χ2v) is 8.02. The van der Waals surface area contributed by atoms with Crippen molar-refractivity contribution in [3.8, 4) is 16.9 Å². The molecule has 0 aliphatic rings. The topological polar surface area (TPSA) is 56.7 Å². The molecule has 29 heavy (non-hydrogen) atoms. The molecule has 0 saturated heterocycles. The maximum absolute atomic E-state index is 5.67. The summed E-state index contributed by atoms with van der Waals surface area (Å²) in [4.78, 5) is 4.75. The number of nitrogens with zero attached hydrogens (tertiary/aromatic N) is 4. The fourth-order valence-corrected chi connectivity index (χ4v) is 4.10. The van der Waals surface area contributed by atoms with Gasteiger partial charge in [-0.2, -0.15) is 0 Å². The summed E-state index contributed by atoms with van der Waals surface area (Å²) in [6.45, 7) is 6.44. The van der Waals surface area contributed by atoms with E-state index in [-0.39, 0.29) is 0 Å². The highest BCUT2D eigenvalue weighted by atomic mass is 32.2. The first-order valence-corrected chi connectivity index (χ1v) is 10.8. The Morgan fingerprint density at radius 3 is 2.41 bits per heavy atom. The molecule has 5 nitrogen and oxygen atoms in total. The third-order valence-electron chi connectivity index (χ3n) is 4.73. The van der Waals surface area contributed by atoms with Crippen LogP contribution in [-0.4, -0.2) is 19.7 Å². The summed E-state index contributed by atoms with van der Waals surface area (Å²) < 4.78 is 7.92. The SMILES string of the molecule is CCc1nnc(CSc2ncc(-c3ccccc3)n2-c2ccccc2C(C)C)o1. The lowest BCUT2D eigenvalue weighted by Crippen LogP contribution is -2.04. The minimum absolute atomic E-state index is 0.401. The zero-order valence-corrected chi connectivity index (χ0v) is 17.7. The van der Waals surface area contributed by atoms with Gasteiger partial charge in [0.2, 0.25) is 11.8 Å². The van der Waals surface area contributed by atoms with E-state index in [4.69, 9.17) is 9.40 Å². The third kappa shape index (κ3) is 4.12. The molecule has 6 heteroatoms. The second kappa shape index (κ2) is 8.66. The predicted octanol–water partition coefficient (Wildman–Crippen LogP) is 5.90. The molecular formula is C23H24N4OS. The van der Waals surface area contributed by atoms with Crippen LogP contribution in [0.2, 0.25) is 0 Å². The Balaban J connectivity index is 1.77. The Morgan fingerprint density at radius 2 is 1.69 bits per heavy atom. The molecule has 0 aliphatic carbocycles. The molecule has 148 valence electrons. The summed E-state index contributed by atoms with van der Waals surface area (Å²) in [5, 5.41) is 9.11. The zero-order valence-electron chi connectivity index (χ0n) is 16.9. The molecule has 4 rings (SSSR count). The van der Waals surface area contributed by atoms with Gasteiger partial charge in [0.05, 0.1) is 23.3 Å². The van der Waals surface area contributed by atoms with E-state index in [0.29, 0.717) is 23.5 Å². The molecule has 2 aromatic heterocycles. The smallest absolute Gasteiger partial charge is 0.226 e. The van der Waals surface area contributed by atoms with Gasteiger partial charge in [0.1, 0.15) is 0 Å². The highest BCUT2D eigenvalue weighted by molar-refractivity contribution is 7.98. The van der Waals surface area contributed by atoms with Crippen LogP contribution in [-0.2, 0) is 12.2 Å². The Morgan fingerprint density at radius 1 is 0.966 bits per heavy atom. The number of aromatic nitrogens is 4. The van der Waals surface area contributed by atoms with Crippen molar-refractivity contribution in [3.63, 3.8) is 0 Å². The molecule has 0 spiro atoms. The van der Waals surface area contributed by atoms with Crippen molar-refractivity contribution in [2.45, 2.75) is 44.0 Å². The number of rotatable bonds is 7. The highest BCUT2D eigenvalue weighted by Gasteiger charge is 2.18. The Labute approximate surface area is 175 Å². The van der Waals surface area contributed by atoms with Gasteiger partial charge in [-0.1, -0.05) is 81.1 Å². The van der Waals surface area contributed by atoms with Crippen LogP contribution in [0.25, 0.3) is 16.9 Å². The monoisotopic (exact) mass is 404 g/mol. The molecular weight excluding hydrogens is 380 g/mol. The maximum atomic E-state index is 5.67. The Bertz CT molecular complexity index is 1090. The summed E-state index contributed by atoms with van der Waals surface area (Å²) in [5.41, 5.74) is 4.65. The fraction of sp³-hybridized carbons (Fsp3) is 0.261. The molecule has 0 atom stereocenters. The summed E-state index contributed by atoms with van der Waals surface area (Å²) in [6.07, 6.45) is 2.69. The second-order valence-electron chi connectivity index (χ2n) is 7.07. The molecule has 0 amide bonds. The fourth-order valence-electron chi connectivity index (χ4n) is 3.28. The zero-order chi connectivity index (χ0) is 20.2. The number of thioether (sulfide) groups is 1. The summed E-state index contributed by atoms with van der Waals surface area (Å²) in [5.74, 6) is 2.28. The van der Waals surface area contributed by atoms with Gasteiger partial charge in [0.25, 0.3) is 0 Å². The molecule has 4 aromatic rings. The van der Waals surface area contributed by atoms with Crippen molar-refractivity contribution in [3.05, 3.63) is 78.1 Å². The largest absolute Gasteiger partial charge is 0.424 e. The summed E-state index contributed by atoms with van der Waals surface area (Å²) >= 11 is 1.61. The van der Waals surface area contributed by atoms with Crippen LogP contribution in [0.3, 0.4) is 0 Å². The molecule has 0 N–H and O–H groups in total. The minimum atomic E-state index is 0.401. The van der Waals surface area contributed by atoms with Crippen LogP contribution in [0, 0.1) is 0 Å². The van der Waals surface area contributed by atoms with E-state index in [1.54, 1.807) is 11.8 Å². The molecule has 2 aromatic carbocycles. The number of hydrogen-bond donors (Lipinski definition) is 0. The highest BCUT2D eigenvalue weighted by Crippen LogP contribution is 2.34. The number of imidazole rings is 1. The molecule has 0 bridgehead atoms. The third-order valence-corrected chi connectivity index (χ3v) is 5.67. The van der Waals surface area contributed by atoms with Gasteiger partial charge in [0.15, 0.2) is 5.16 Å². The van der Waals surface area contributed by atoms with Crippen LogP contribution in [0.1, 0.15) is 44.0 Å². The Kier molecular flexibility index (Phi) is 5.81. The van der Waals surface area contributed by atoms with Gasteiger partial charge < -0.3 is 4.42 Å². The van der Waals surface area contributed by atoms with Crippen LogP contribution < -0.4 is 0 Å². The van der Waals surface area contributed by atoms with E-state index in [1.807, 2.05) is 19.2 Å². The molecule has 0 unspecified atom stereocenters. The van der Waals surface area contributed by atoms with E-state index in [9.17, 15) is 0 Å². The van der Waals surface area contributed by atoms with Crippen LogP contribution in [0.15, 0.2) is 70.4 Å². The van der Waals surface area contributed by atoms with E-state index in [2.05, 4.69) is 77.1 Å². The summed E-state index contributed by atoms with van der Waals surface area (Å²) in [7, 11) is 0. The average Bonchev–Trinajstić information content (AvgIpc) is 3.39. The molecule has 0 fully saturated rings. The van der Waals surface area contributed by atoms with Crippen molar-refractivity contribution in [1.82, 2.24) is 19.7 Å². The van der Waals surface area contributed by atoms with Gasteiger partial charge in [-0.05, 0) is 17.5 Å². The first-order chi connectivity index (χ1) is 14.2. The molecule has 0 aliphatic heterocycles. The van der Waals surface area contributed by atoms with E-state index >= 15 is 0 Å². The Hall–Kier alpha value is -2.86. The van der Waals surface area contributed by atoms with Gasteiger partial charge in [-0.15, -0.1) is 10.2 Å². The van der Waals surface area contributed by atoms with E-state index in [1.165, 1.54) is 5.56 Å². The van der Waals surface area contributed by atoms with E-state index < -0.39 is 0 Å². The van der Waals surface area contributed by atoms with Crippen LogP contribution >= 0.6 is 11.8 Å². The van der Waals surface area contributed by atoms with Crippen molar-refractivity contribution < 1.29 is 4.42 Å². The normalized spacial score (nSPS) is 11.3. The van der Waals surface area contributed by atoms with Crippen molar-refractivity contribution in [2.75, 3.05) is 0 Å². The lowest BCUT2D eigenvalue weighted by molar-refractivity contribution is 0.470. The van der Waals surface area contributed by atoms with E-state index in [0.717, 1.165) is 28.5 Å². The molecule has 2 heterocycles. The first-order valence-electron chi connectivity index (χ1n) is 9.84. The first kappa shape index (κ1) is 19.5. The average molecular weight is 405 g/mol. The van der Waals surface area contributed by atoms with Gasteiger partial charge in [-0.25, -0.2) is 4.98 Å². The molecule has 0 saturated carbocycles. The maximum Gasteiger partial charge on any atom is 0.226 e. The van der Waals surface area contributed by atoms with Crippen molar-refractivity contribution >= 4 is 11.8 Å². The number of benzene rings is 2. The van der Waals surface area contributed by atoms with Gasteiger partial charge in [0, 0.05) is 12.0 Å². The standard InChI is InChI=1S/C23H24N4OS/c1-4-21-25-26-22(28-21)15-29-23-24-14-20(17-10-6-5-7-11-17)27(23)19-13-9-8-12-18(19)16(2)3/h5-14,16H,4,15H2,1-3H3. The lowest BCUT2D eigenvalue weighted by Gasteiger charge is -2.18. The molecule has 0 radical (unpaired) electrons. The van der Waals surface area contributed by atoms with Crippen molar-refractivity contribution in [1.29, 1.82) is 0 Å². The van der Waals surface area contributed by atoms with Crippen molar-refractivity contribution in [2.24, 2.45) is 0 Å². The summed E-state index contributed by atoms with van der Waals surface area (Å²) in [6, 6.07) is 18.9.